The van der Waals surface area contributed by atoms with E-state index in [9.17, 15) is 0 Å². The Morgan fingerprint density at radius 3 is 1.81 bits per heavy atom. The number of benzene rings is 2. The van der Waals surface area contributed by atoms with Crippen LogP contribution in [0.2, 0.25) is 0 Å². The van der Waals surface area contributed by atoms with E-state index in [0.717, 1.165) is 5.57 Å². The quantitative estimate of drug-likeness (QED) is 0.462. The first-order valence-electron chi connectivity index (χ1n) is 7.11. The van der Waals surface area contributed by atoms with E-state index in [-0.39, 0.29) is 0 Å². The van der Waals surface area contributed by atoms with Crippen molar-refractivity contribution in [2.75, 3.05) is 0 Å². The lowest BCUT2D eigenvalue weighted by atomic mass is 10.1. The summed E-state index contributed by atoms with van der Waals surface area (Å²) in [6, 6.07) is 18.8. The minimum atomic E-state index is 1.01. The largest absolute Gasteiger partial charge is 0.0918 e. The van der Waals surface area contributed by atoms with Gasteiger partial charge in [-0.2, -0.15) is 0 Å². The Labute approximate surface area is 127 Å². The van der Waals surface area contributed by atoms with Crippen molar-refractivity contribution < 1.29 is 0 Å². The van der Waals surface area contributed by atoms with Crippen molar-refractivity contribution in [1.29, 1.82) is 0 Å². The van der Waals surface area contributed by atoms with E-state index in [4.69, 9.17) is 0 Å². The van der Waals surface area contributed by atoms with Crippen LogP contribution < -0.4 is 0 Å². The number of allylic oxidation sites excluding steroid dienone is 4. The summed E-state index contributed by atoms with van der Waals surface area (Å²) in [5.74, 6) is 0. The molecule has 2 aromatic carbocycles. The topological polar surface area (TPSA) is 0 Å². The van der Waals surface area contributed by atoms with Gasteiger partial charge in [-0.1, -0.05) is 97.6 Å². The maximum atomic E-state index is 3.96. The number of hydrogen-bond donors (Lipinski definition) is 0. The molecule has 0 aliphatic heterocycles. The lowest BCUT2D eigenvalue weighted by Crippen LogP contribution is -1.75. The summed E-state index contributed by atoms with van der Waals surface area (Å²) in [4.78, 5) is 0. The summed E-state index contributed by atoms with van der Waals surface area (Å²) in [5.41, 5.74) is 4.59. The van der Waals surface area contributed by atoms with Crippen LogP contribution in [0.1, 0.15) is 23.6 Å². The molecule has 0 atom stereocenters. The van der Waals surface area contributed by atoms with Crippen LogP contribution in [0.15, 0.2) is 85.0 Å². The second-order valence-electron chi connectivity index (χ2n) is 4.82. The zero-order chi connectivity index (χ0) is 14.9. The van der Waals surface area contributed by atoms with Crippen molar-refractivity contribution in [1.82, 2.24) is 0 Å². The predicted molar refractivity (Wildman–Crippen MR) is 94.8 cm³/mol. The Morgan fingerprint density at radius 1 is 0.714 bits per heavy atom. The zero-order valence-corrected chi connectivity index (χ0v) is 12.4. The van der Waals surface area contributed by atoms with Crippen LogP contribution in [-0.4, -0.2) is 0 Å². The Hall–Kier alpha value is -2.60. The van der Waals surface area contributed by atoms with E-state index >= 15 is 0 Å². The van der Waals surface area contributed by atoms with Crippen molar-refractivity contribution in [2.24, 2.45) is 0 Å². The standard InChI is InChI=1S/C21H20/c1-3-7-18(2)10-11-20-14-16-21(17-15-20)13-12-19-8-5-4-6-9-19/h3-17H,2H2,1H3/b7-3-,11-10+,13-12+. The maximum absolute atomic E-state index is 3.96. The van der Waals surface area contributed by atoms with E-state index in [0.29, 0.717) is 0 Å². The molecule has 0 aliphatic rings. The molecule has 2 rings (SSSR count). The van der Waals surface area contributed by atoms with Crippen molar-refractivity contribution in [3.05, 3.63) is 102 Å². The van der Waals surface area contributed by atoms with Gasteiger partial charge in [0.15, 0.2) is 0 Å². The third-order valence-corrected chi connectivity index (χ3v) is 3.07. The van der Waals surface area contributed by atoms with E-state index in [1.807, 2.05) is 43.4 Å². The highest BCUT2D eigenvalue weighted by molar-refractivity contribution is 5.70. The van der Waals surface area contributed by atoms with Crippen molar-refractivity contribution in [2.45, 2.75) is 6.92 Å². The van der Waals surface area contributed by atoms with Gasteiger partial charge >= 0.3 is 0 Å². The molecule has 21 heavy (non-hydrogen) atoms. The highest BCUT2D eigenvalue weighted by Gasteiger charge is 1.89. The highest BCUT2D eigenvalue weighted by atomic mass is 14.0. The fourth-order valence-electron chi connectivity index (χ4n) is 1.95. The highest BCUT2D eigenvalue weighted by Crippen LogP contribution is 2.11. The fourth-order valence-corrected chi connectivity index (χ4v) is 1.95. The first kappa shape index (κ1) is 14.8. The minimum absolute atomic E-state index is 1.01. The Kier molecular flexibility index (Phi) is 5.54. The molecule has 0 spiro atoms. The molecule has 0 saturated heterocycles. The molecule has 0 amide bonds. The van der Waals surface area contributed by atoms with Gasteiger partial charge in [0.05, 0.1) is 0 Å². The molecular weight excluding hydrogens is 252 g/mol. The number of hydrogen-bond acceptors (Lipinski definition) is 0. The molecular formula is C21H20. The van der Waals surface area contributed by atoms with Gasteiger partial charge in [0.25, 0.3) is 0 Å². The molecule has 0 radical (unpaired) electrons. The monoisotopic (exact) mass is 272 g/mol. The predicted octanol–water partition coefficient (Wildman–Crippen LogP) is 6.00. The van der Waals surface area contributed by atoms with Crippen LogP contribution in [0.25, 0.3) is 18.2 Å². The number of rotatable bonds is 5. The molecule has 0 N–H and O–H groups in total. The molecule has 0 heteroatoms. The van der Waals surface area contributed by atoms with Crippen LogP contribution in [0, 0.1) is 0 Å². The van der Waals surface area contributed by atoms with Gasteiger partial charge in [0.1, 0.15) is 0 Å². The lowest BCUT2D eigenvalue weighted by Gasteiger charge is -1.97. The summed E-state index contributed by atoms with van der Waals surface area (Å²) in [7, 11) is 0. The van der Waals surface area contributed by atoms with Crippen molar-refractivity contribution in [3.8, 4) is 0 Å². The average molecular weight is 272 g/mol. The molecule has 0 heterocycles. The third kappa shape index (κ3) is 5.12. The smallest absolute Gasteiger partial charge is 0.0256 e. The first-order chi connectivity index (χ1) is 10.3. The molecule has 0 nitrogen and oxygen atoms in total. The second kappa shape index (κ2) is 7.86. The van der Waals surface area contributed by atoms with Crippen LogP contribution in [0.5, 0.6) is 0 Å². The zero-order valence-electron chi connectivity index (χ0n) is 12.4. The molecule has 0 aromatic heterocycles. The van der Waals surface area contributed by atoms with Crippen LogP contribution >= 0.6 is 0 Å². The molecule has 104 valence electrons. The van der Waals surface area contributed by atoms with Crippen LogP contribution in [-0.2, 0) is 0 Å². The first-order valence-corrected chi connectivity index (χ1v) is 7.11. The minimum Gasteiger partial charge on any atom is -0.0918 e. The molecule has 0 aliphatic carbocycles. The molecule has 0 unspecified atom stereocenters. The van der Waals surface area contributed by atoms with E-state index in [1.54, 1.807) is 0 Å². The van der Waals surface area contributed by atoms with Crippen LogP contribution in [0.4, 0.5) is 0 Å². The normalized spacial score (nSPS) is 11.7. The summed E-state index contributed by atoms with van der Waals surface area (Å²) in [5, 5.41) is 0. The van der Waals surface area contributed by atoms with Gasteiger partial charge in [-0.25, -0.2) is 0 Å². The third-order valence-electron chi connectivity index (χ3n) is 3.07. The summed E-state index contributed by atoms with van der Waals surface area (Å²) in [6.07, 6.45) is 12.3. The Bertz CT molecular complexity index is 653. The van der Waals surface area contributed by atoms with Gasteiger partial charge in [-0.05, 0) is 29.2 Å². The maximum Gasteiger partial charge on any atom is -0.0256 e. The fraction of sp³-hybridized carbons (Fsp3) is 0.0476. The Morgan fingerprint density at radius 2 is 1.24 bits per heavy atom. The van der Waals surface area contributed by atoms with E-state index in [2.05, 4.69) is 61.2 Å². The molecule has 0 bridgehead atoms. The summed E-state index contributed by atoms with van der Waals surface area (Å²) < 4.78 is 0. The van der Waals surface area contributed by atoms with E-state index < -0.39 is 0 Å². The summed E-state index contributed by atoms with van der Waals surface area (Å²) >= 11 is 0. The van der Waals surface area contributed by atoms with Gasteiger partial charge in [0, 0.05) is 0 Å². The SMILES string of the molecule is C=C(/C=C\C)/C=C/c1ccc(/C=C/c2ccccc2)cc1. The van der Waals surface area contributed by atoms with Gasteiger partial charge < -0.3 is 0 Å². The molecule has 0 saturated carbocycles. The van der Waals surface area contributed by atoms with Gasteiger partial charge in [0.2, 0.25) is 0 Å². The molecule has 0 fully saturated rings. The molecule has 2 aromatic rings. The van der Waals surface area contributed by atoms with E-state index in [1.165, 1.54) is 16.7 Å². The second-order valence-corrected chi connectivity index (χ2v) is 4.82. The lowest BCUT2D eigenvalue weighted by molar-refractivity contribution is 1.61. The van der Waals surface area contributed by atoms with Gasteiger partial charge in [-0.15, -0.1) is 0 Å². The van der Waals surface area contributed by atoms with Crippen molar-refractivity contribution >= 4 is 18.2 Å². The van der Waals surface area contributed by atoms with Crippen molar-refractivity contribution in [3.63, 3.8) is 0 Å². The Balaban J connectivity index is 2.02. The van der Waals surface area contributed by atoms with Crippen LogP contribution in [0.3, 0.4) is 0 Å². The van der Waals surface area contributed by atoms with Gasteiger partial charge in [-0.3, -0.25) is 0 Å². The average Bonchev–Trinajstić information content (AvgIpc) is 2.53. The summed E-state index contributed by atoms with van der Waals surface area (Å²) in [6.45, 7) is 5.95.